The van der Waals surface area contributed by atoms with Gasteiger partial charge in [0.25, 0.3) is 0 Å². The van der Waals surface area contributed by atoms with Crippen LogP contribution in [0.15, 0.2) is 45.2 Å². The number of nitrogens with zero attached hydrogens (tertiary/aromatic N) is 2. The molecule has 1 rings (SSSR count). The lowest BCUT2D eigenvalue weighted by Gasteiger charge is -1.93. The zero-order valence-corrected chi connectivity index (χ0v) is 11.7. The molecule has 0 aliphatic rings. The van der Waals surface area contributed by atoms with Crippen molar-refractivity contribution in [3.63, 3.8) is 0 Å². The molecule has 19 heavy (non-hydrogen) atoms. The molecular formula is C14H18N2O2S. The summed E-state index contributed by atoms with van der Waals surface area (Å²) in [5.74, 6) is 0. The average Bonchev–Trinajstić information content (AvgIpc) is 2.43. The Kier molecular flexibility index (Phi) is 13.1. The van der Waals surface area contributed by atoms with Gasteiger partial charge in [0, 0.05) is 4.90 Å². The second kappa shape index (κ2) is 14.4. The summed E-state index contributed by atoms with van der Waals surface area (Å²) in [5.41, 5.74) is 0. The zero-order chi connectivity index (χ0) is 14.2. The van der Waals surface area contributed by atoms with Gasteiger partial charge in [-0.25, -0.2) is 19.6 Å². The minimum Gasteiger partial charge on any atom is -0.211 e. The number of thiol groups is 1. The number of aliphatic imine (C=N–C) groups is 2. The van der Waals surface area contributed by atoms with Crippen LogP contribution in [0, 0.1) is 0 Å². The van der Waals surface area contributed by atoms with E-state index in [0.29, 0.717) is 13.1 Å². The zero-order valence-electron chi connectivity index (χ0n) is 10.8. The van der Waals surface area contributed by atoms with Crippen LogP contribution in [-0.4, -0.2) is 25.2 Å². The van der Waals surface area contributed by atoms with Gasteiger partial charge in [0.05, 0.1) is 13.1 Å². The maximum Gasteiger partial charge on any atom is 0.234 e. The average molecular weight is 278 g/mol. The Morgan fingerprint density at radius 1 is 0.842 bits per heavy atom. The second-order valence-electron chi connectivity index (χ2n) is 3.70. The number of isocyanates is 2. The highest BCUT2D eigenvalue weighted by Crippen LogP contribution is 2.01. The van der Waals surface area contributed by atoms with Crippen LogP contribution >= 0.6 is 12.6 Å². The molecule has 0 amide bonds. The van der Waals surface area contributed by atoms with Crippen molar-refractivity contribution in [2.45, 2.75) is 30.6 Å². The maximum absolute atomic E-state index is 9.63. The van der Waals surface area contributed by atoms with Gasteiger partial charge in [-0.3, -0.25) is 0 Å². The van der Waals surface area contributed by atoms with Gasteiger partial charge in [-0.15, -0.1) is 12.6 Å². The smallest absolute Gasteiger partial charge is 0.211 e. The van der Waals surface area contributed by atoms with Gasteiger partial charge < -0.3 is 0 Å². The van der Waals surface area contributed by atoms with Crippen molar-refractivity contribution >= 4 is 24.8 Å². The highest BCUT2D eigenvalue weighted by molar-refractivity contribution is 7.80. The SMILES string of the molecule is O=C=NCCCCCCN=C=O.Sc1ccccc1. The molecule has 1 aromatic carbocycles. The van der Waals surface area contributed by atoms with E-state index in [9.17, 15) is 9.59 Å². The van der Waals surface area contributed by atoms with Crippen molar-refractivity contribution in [1.82, 2.24) is 0 Å². The Labute approximate surface area is 119 Å². The predicted octanol–water partition coefficient (Wildman–Crippen LogP) is 3.19. The lowest BCUT2D eigenvalue weighted by Crippen LogP contribution is -1.84. The normalized spacial score (nSPS) is 8.47. The third-order valence-electron chi connectivity index (χ3n) is 2.18. The monoisotopic (exact) mass is 278 g/mol. The van der Waals surface area contributed by atoms with Gasteiger partial charge in [0.15, 0.2) is 0 Å². The molecule has 0 fully saturated rings. The number of unbranched alkanes of at least 4 members (excludes halogenated alkanes) is 3. The molecule has 5 heteroatoms. The van der Waals surface area contributed by atoms with Gasteiger partial charge in [-0.2, -0.15) is 0 Å². The summed E-state index contributed by atoms with van der Waals surface area (Å²) in [6, 6.07) is 9.79. The third-order valence-corrected chi connectivity index (χ3v) is 2.47. The lowest BCUT2D eigenvalue weighted by atomic mass is 10.2. The van der Waals surface area contributed by atoms with Gasteiger partial charge in [-0.05, 0) is 25.0 Å². The van der Waals surface area contributed by atoms with Crippen molar-refractivity contribution in [3.8, 4) is 0 Å². The summed E-state index contributed by atoms with van der Waals surface area (Å²) in [4.78, 5) is 27.1. The van der Waals surface area contributed by atoms with E-state index in [1.807, 2.05) is 30.3 Å². The molecule has 0 bridgehead atoms. The van der Waals surface area contributed by atoms with E-state index in [0.717, 1.165) is 30.6 Å². The van der Waals surface area contributed by atoms with Crippen LogP contribution in [0.1, 0.15) is 25.7 Å². The first-order valence-corrected chi connectivity index (χ1v) is 6.57. The van der Waals surface area contributed by atoms with Crippen molar-refractivity contribution < 1.29 is 9.59 Å². The van der Waals surface area contributed by atoms with Crippen LogP contribution in [-0.2, 0) is 9.59 Å². The van der Waals surface area contributed by atoms with Crippen LogP contribution in [0.5, 0.6) is 0 Å². The minimum absolute atomic E-state index is 0.556. The van der Waals surface area contributed by atoms with E-state index >= 15 is 0 Å². The van der Waals surface area contributed by atoms with E-state index in [2.05, 4.69) is 22.6 Å². The molecule has 0 atom stereocenters. The third kappa shape index (κ3) is 14.3. The van der Waals surface area contributed by atoms with E-state index in [4.69, 9.17) is 0 Å². The van der Waals surface area contributed by atoms with Crippen LogP contribution in [0.25, 0.3) is 0 Å². The Morgan fingerprint density at radius 3 is 1.63 bits per heavy atom. The molecule has 0 radical (unpaired) electrons. The van der Waals surface area contributed by atoms with Crippen molar-refractivity contribution in [2.75, 3.05) is 13.1 Å². The summed E-state index contributed by atoms with van der Waals surface area (Å²) in [5, 5.41) is 0. The molecule has 0 saturated heterocycles. The van der Waals surface area contributed by atoms with Crippen molar-refractivity contribution in [1.29, 1.82) is 0 Å². The van der Waals surface area contributed by atoms with Gasteiger partial charge in [-0.1, -0.05) is 31.0 Å². The number of benzene rings is 1. The largest absolute Gasteiger partial charge is 0.234 e. The standard InChI is InChI=1S/C8H12N2O2.C6H6S/c11-7-9-5-3-1-2-4-6-10-8-12;7-6-4-2-1-3-5-6/h1-6H2;1-5,7H. The quantitative estimate of drug-likeness (QED) is 0.360. The van der Waals surface area contributed by atoms with E-state index in [-0.39, 0.29) is 0 Å². The number of rotatable bonds is 7. The molecule has 0 aliphatic carbocycles. The Morgan fingerprint density at radius 2 is 1.32 bits per heavy atom. The number of hydrogen-bond donors (Lipinski definition) is 1. The second-order valence-corrected chi connectivity index (χ2v) is 4.21. The van der Waals surface area contributed by atoms with Crippen LogP contribution in [0.4, 0.5) is 0 Å². The minimum atomic E-state index is 0.556. The molecule has 102 valence electrons. The molecule has 0 saturated carbocycles. The molecule has 0 spiro atoms. The van der Waals surface area contributed by atoms with Crippen LogP contribution in [0.2, 0.25) is 0 Å². The molecule has 1 aromatic rings. The fraction of sp³-hybridized carbons (Fsp3) is 0.429. The Hall–Kier alpha value is -1.67. The highest BCUT2D eigenvalue weighted by atomic mass is 32.1. The molecule has 4 nitrogen and oxygen atoms in total. The molecule has 0 N–H and O–H groups in total. The van der Waals surface area contributed by atoms with Crippen LogP contribution in [0.3, 0.4) is 0 Å². The van der Waals surface area contributed by atoms with E-state index in [1.54, 1.807) is 0 Å². The molecular weight excluding hydrogens is 260 g/mol. The number of hydrogen-bond acceptors (Lipinski definition) is 5. The Bertz CT molecular complexity index is 389. The fourth-order valence-electron chi connectivity index (χ4n) is 1.25. The topological polar surface area (TPSA) is 58.9 Å². The van der Waals surface area contributed by atoms with Gasteiger partial charge in [0.1, 0.15) is 0 Å². The van der Waals surface area contributed by atoms with Crippen molar-refractivity contribution in [2.24, 2.45) is 9.98 Å². The first-order valence-electron chi connectivity index (χ1n) is 6.12. The molecule has 0 aromatic heterocycles. The van der Waals surface area contributed by atoms with E-state index in [1.165, 1.54) is 12.2 Å². The van der Waals surface area contributed by atoms with Gasteiger partial charge >= 0.3 is 0 Å². The fourth-order valence-corrected chi connectivity index (χ4v) is 1.43. The van der Waals surface area contributed by atoms with Crippen LogP contribution < -0.4 is 0 Å². The maximum atomic E-state index is 9.63. The summed E-state index contributed by atoms with van der Waals surface area (Å²) in [6.45, 7) is 1.11. The van der Waals surface area contributed by atoms with E-state index < -0.39 is 0 Å². The molecule has 0 heterocycles. The Balaban J connectivity index is 0.000000388. The first kappa shape index (κ1) is 17.3. The van der Waals surface area contributed by atoms with Gasteiger partial charge in [0.2, 0.25) is 12.2 Å². The highest BCUT2D eigenvalue weighted by Gasteiger charge is 1.87. The van der Waals surface area contributed by atoms with Crippen molar-refractivity contribution in [3.05, 3.63) is 30.3 Å². The molecule has 0 unspecified atom stereocenters. The summed E-state index contributed by atoms with van der Waals surface area (Å²) < 4.78 is 0. The summed E-state index contributed by atoms with van der Waals surface area (Å²) in [7, 11) is 0. The summed E-state index contributed by atoms with van der Waals surface area (Å²) in [6.07, 6.45) is 6.80. The molecule has 0 aliphatic heterocycles. The summed E-state index contributed by atoms with van der Waals surface area (Å²) >= 11 is 4.08. The lowest BCUT2D eigenvalue weighted by molar-refractivity contribution is 0.558. The number of carbonyl (C=O) groups excluding carboxylic acids is 2. The predicted molar refractivity (Wildman–Crippen MR) is 78.1 cm³/mol. The first-order chi connectivity index (χ1) is 9.31.